The molecule has 2 aromatic carbocycles. The number of benzene rings is 2. The van der Waals surface area contributed by atoms with Crippen molar-refractivity contribution in [2.45, 2.75) is 11.7 Å². The van der Waals surface area contributed by atoms with Gasteiger partial charge in [-0.15, -0.1) is 0 Å². The van der Waals surface area contributed by atoms with E-state index in [-0.39, 0.29) is 18.0 Å². The molecule has 1 N–H and O–H groups in total. The third kappa shape index (κ3) is 4.28. The number of amides is 2. The van der Waals surface area contributed by atoms with Crippen LogP contribution in [-0.4, -0.2) is 41.3 Å². The second-order valence-electron chi connectivity index (χ2n) is 5.80. The molecule has 8 heteroatoms. The fourth-order valence-electron chi connectivity index (χ4n) is 2.50. The van der Waals surface area contributed by atoms with Crippen LogP contribution in [0.3, 0.4) is 0 Å². The summed E-state index contributed by atoms with van der Waals surface area (Å²) in [7, 11) is 3.14. The van der Waals surface area contributed by atoms with Crippen molar-refractivity contribution in [3.05, 3.63) is 54.3 Å². The van der Waals surface area contributed by atoms with Crippen molar-refractivity contribution in [1.82, 2.24) is 4.90 Å². The first-order valence-corrected chi connectivity index (χ1v) is 9.08. The zero-order chi connectivity index (χ0) is 19.4. The molecule has 0 spiro atoms. The summed E-state index contributed by atoms with van der Waals surface area (Å²) in [5, 5.41) is 2.21. The fraction of sp³-hybridized carbons (Fsp3) is 0.211. The molecule has 1 fully saturated rings. The number of rotatable bonds is 4. The van der Waals surface area contributed by atoms with Crippen LogP contribution < -0.4 is 10.1 Å². The summed E-state index contributed by atoms with van der Waals surface area (Å²) < 4.78 is 19.0. The summed E-state index contributed by atoms with van der Waals surface area (Å²) >= 11 is 1.16. The predicted octanol–water partition coefficient (Wildman–Crippen LogP) is 3.42. The lowest BCUT2D eigenvalue weighted by atomic mass is 10.2. The van der Waals surface area contributed by atoms with Crippen LogP contribution >= 0.6 is 11.8 Å². The molecule has 6 nitrogen and oxygen atoms in total. The van der Waals surface area contributed by atoms with Crippen molar-refractivity contribution in [3.63, 3.8) is 0 Å². The standard InChI is InChI=1S/C19H18FN3O3S/c1-23-17(24)11-16(18(25)21-13-8-4-3-7-12(13)20)27-19(23)22-14-9-5-6-10-15(14)26-2/h3-10,16H,11H2,1-2H3,(H,21,25)/t16-/m1/s1. The first kappa shape index (κ1) is 18.9. The number of methoxy groups -OCH3 is 1. The van der Waals surface area contributed by atoms with Gasteiger partial charge in [0.1, 0.15) is 22.5 Å². The zero-order valence-electron chi connectivity index (χ0n) is 14.8. The minimum atomic E-state index is -0.707. The molecule has 2 aromatic rings. The third-order valence-corrected chi connectivity index (χ3v) is 5.24. The molecule has 0 bridgehead atoms. The van der Waals surface area contributed by atoms with E-state index in [4.69, 9.17) is 4.74 Å². The van der Waals surface area contributed by atoms with Crippen molar-refractivity contribution in [3.8, 4) is 5.75 Å². The first-order valence-electron chi connectivity index (χ1n) is 8.20. The Labute approximate surface area is 160 Å². The van der Waals surface area contributed by atoms with Gasteiger partial charge in [-0.1, -0.05) is 36.0 Å². The molecule has 1 saturated heterocycles. The van der Waals surface area contributed by atoms with Crippen molar-refractivity contribution < 1.29 is 18.7 Å². The quantitative estimate of drug-likeness (QED) is 0.873. The fourth-order valence-corrected chi connectivity index (χ4v) is 3.56. The van der Waals surface area contributed by atoms with Crippen LogP contribution in [0, 0.1) is 5.82 Å². The van der Waals surface area contributed by atoms with E-state index in [0.29, 0.717) is 16.6 Å². The number of para-hydroxylation sites is 3. The van der Waals surface area contributed by atoms with Gasteiger partial charge in [0.2, 0.25) is 11.8 Å². The number of carbonyl (C=O) groups is 2. The third-order valence-electron chi connectivity index (χ3n) is 3.99. The Morgan fingerprint density at radius 1 is 1.26 bits per heavy atom. The van der Waals surface area contributed by atoms with E-state index < -0.39 is 17.0 Å². The molecule has 140 valence electrons. The summed E-state index contributed by atoms with van der Waals surface area (Å²) in [6, 6.07) is 13.0. The smallest absolute Gasteiger partial charge is 0.238 e. The van der Waals surface area contributed by atoms with E-state index in [1.807, 2.05) is 6.07 Å². The van der Waals surface area contributed by atoms with Gasteiger partial charge in [-0.05, 0) is 24.3 Å². The van der Waals surface area contributed by atoms with E-state index in [9.17, 15) is 14.0 Å². The van der Waals surface area contributed by atoms with Crippen LogP contribution in [0.5, 0.6) is 5.75 Å². The highest BCUT2D eigenvalue weighted by atomic mass is 32.2. The van der Waals surface area contributed by atoms with Gasteiger partial charge in [0.05, 0.1) is 12.8 Å². The highest BCUT2D eigenvalue weighted by Gasteiger charge is 2.34. The van der Waals surface area contributed by atoms with Gasteiger partial charge in [-0.3, -0.25) is 14.5 Å². The summed E-state index contributed by atoms with van der Waals surface area (Å²) in [5.74, 6) is -0.655. The topological polar surface area (TPSA) is 71.0 Å². The number of carbonyl (C=O) groups excluding carboxylic acids is 2. The Bertz CT molecular complexity index is 903. The Hall–Kier alpha value is -2.87. The van der Waals surface area contributed by atoms with Crippen LogP contribution in [0.15, 0.2) is 53.5 Å². The zero-order valence-corrected chi connectivity index (χ0v) is 15.6. The molecular weight excluding hydrogens is 369 g/mol. The molecule has 1 aliphatic rings. The van der Waals surface area contributed by atoms with Gasteiger partial charge in [0.25, 0.3) is 0 Å². The van der Waals surface area contributed by atoms with Crippen molar-refractivity contribution in [2.24, 2.45) is 4.99 Å². The maximum Gasteiger partial charge on any atom is 0.238 e. The molecule has 1 heterocycles. The van der Waals surface area contributed by atoms with Crippen LogP contribution in [-0.2, 0) is 9.59 Å². The van der Waals surface area contributed by atoms with Gasteiger partial charge in [0, 0.05) is 13.5 Å². The number of hydrogen-bond donors (Lipinski definition) is 1. The number of halogens is 1. The highest BCUT2D eigenvalue weighted by molar-refractivity contribution is 8.15. The largest absolute Gasteiger partial charge is 0.494 e. The number of aliphatic imine (C=N–C) groups is 1. The Kier molecular flexibility index (Phi) is 5.75. The molecule has 0 aliphatic carbocycles. The number of anilines is 1. The highest BCUT2D eigenvalue weighted by Crippen LogP contribution is 2.32. The Morgan fingerprint density at radius 3 is 2.70 bits per heavy atom. The van der Waals surface area contributed by atoms with Crippen LogP contribution in [0.25, 0.3) is 0 Å². The molecular formula is C19H18FN3O3S. The number of amidine groups is 1. The maximum atomic E-state index is 13.8. The second-order valence-corrected chi connectivity index (χ2v) is 6.97. The number of nitrogens with one attached hydrogen (secondary N) is 1. The van der Waals surface area contributed by atoms with E-state index in [1.54, 1.807) is 31.3 Å². The predicted molar refractivity (Wildman–Crippen MR) is 104 cm³/mol. The van der Waals surface area contributed by atoms with E-state index in [1.165, 1.54) is 30.2 Å². The van der Waals surface area contributed by atoms with Crippen LogP contribution in [0.4, 0.5) is 15.8 Å². The molecule has 2 amide bonds. The van der Waals surface area contributed by atoms with Crippen molar-refractivity contribution in [1.29, 1.82) is 0 Å². The SMILES string of the molecule is COc1ccccc1N=C1S[C@@H](C(=O)Nc2ccccc2F)CC(=O)N1C. The van der Waals surface area contributed by atoms with E-state index in [0.717, 1.165) is 11.8 Å². The van der Waals surface area contributed by atoms with Gasteiger partial charge < -0.3 is 10.1 Å². The monoisotopic (exact) mass is 387 g/mol. The molecule has 1 aliphatic heterocycles. The van der Waals surface area contributed by atoms with Gasteiger partial charge in [-0.25, -0.2) is 9.38 Å². The summed E-state index contributed by atoms with van der Waals surface area (Å²) in [4.78, 5) is 30.8. The van der Waals surface area contributed by atoms with E-state index >= 15 is 0 Å². The molecule has 27 heavy (non-hydrogen) atoms. The second kappa shape index (κ2) is 8.22. The van der Waals surface area contributed by atoms with Gasteiger partial charge in [0.15, 0.2) is 5.17 Å². The minimum absolute atomic E-state index is 0.00635. The molecule has 0 saturated carbocycles. The summed E-state index contributed by atoms with van der Waals surface area (Å²) in [5.41, 5.74) is 0.634. The van der Waals surface area contributed by atoms with Crippen molar-refractivity contribution >= 4 is 40.1 Å². The van der Waals surface area contributed by atoms with Crippen LogP contribution in [0.1, 0.15) is 6.42 Å². The lowest BCUT2D eigenvalue weighted by molar-refractivity contribution is -0.128. The summed E-state index contributed by atoms with van der Waals surface area (Å²) in [6.45, 7) is 0. The number of ether oxygens (including phenoxy) is 1. The van der Waals surface area contributed by atoms with Gasteiger partial charge in [-0.2, -0.15) is 0 Å². The number of hydrogen-bond acceptors (Lipinski definition) is 5. The van der Waals surface area contributed by atoms with Crippen molar-refractivity contribution in [2.75, 3.05) is 19.5 Å². The van der Waals surface area contributed by atoms with Crippen LogP contribution in [0.2, 0.25) is 0 Å². The Morgan fingerprint density at radius 2 is 1.96 bits per heavy atom. The van der Waals surface area contributed by atoms with E-state index in [2.05, 4.69) is 10.3 Å². The normalized spacial score (nSPS) is 18.5. The molecule has 0 unspecified atom stereocenters. The summed E-state index contributed by atoms with van der Waals surface area (Å²) in [6.07, 6.45) is 0.00635. The molecule has 1 atom stereocenters. The number of thioether (sulfide) groups is 1. The lowest BCUT2D eigenvalue weighted by Gasteiger charge is -2.29. The lowest BCUT2D eigenvalue weighted by Crippen LogP contribution is -2.43. The first-order chi connectivity index (χ1) is 13.0. The maximum absolute atomic E-state index is 13.8. The number of nitrogens with zero attached hydrogens (tertiary/aromatic N) is 2. The molecule has 0 radical (unpaired) electrons. The van der Waals surface area contributed by atoms with Gasteiger partial charge >= 0.3 is 0 Å². The molecule has 0 aromatic heterocycles. The average Bonchev–Trinajstić information content (AvgIpc) is 2.67. The minimum Gasteiger partial charge on any atom is -0.494 e. The average molecular weight is 387 g/mol. The Balaban J connectivity index is 1.83. The molecule has 3 rings (SSSR count).